The van der Waals surface area contributed by atoms with Gasteiger partial charge in [0.15, 0.2) is 0 Å². The quantitative estimate of drug-likeness (QED) is 0.587. The van der Waals surface area contributed by atoms with Crippen LogP contribution in [0.5, 0.6) is 0 Å². The fourth-order valence-electron chi connectivity index (χ4n) is 3.15. The number of para-hydroxylation sites is 2. The van der Waals surface area contributed by atoms with Crippen LogP contribution in [0.1, 0.15) is 31.4 Å². The summed E-state index contributed by atoms with van der Waals surface area (Å²) in [5.74, 6) is 0.198. The molecule has 1 heterocycles. The van der Waals surface area contributed by atoms with Crippen LogP contribution in [0.15, 0.2) is 48.5 Å². The van der Waals surface area contributed by atoms with Crippen LogP contribution in [0.4, 0.5) is 5.95 Å². The molecule has 0 saturated carbocycles. The van der Waals surface area contributed by atoms with Gasteiger partial charge in [0.25, 0.3) is 0 Å². The zero-order valence-corrected chi connectivity index (χ0v) is 16.5. The number of nitrogens with one attached hydrogen (secondary N) is 3. The Hall–Kier alpha value is -3.15. The first-order valence-corrected chi connectivity index (χ1v) is 9.52. The molecule has 146 valence electrons. The van der Waals surface area contributed by atoms with Crippen molar-refractivity contribution < 1.29 is 9.59 Å². The maximum absolute atomic E-state index is 12.8. The predicted octanol–water partition coefficient (Wildman–Crippen LogP) is 3.58. The molecule has 3 aromatic rings. The number of hydrogen-bond donors (Lipinski definition) is 3. The molecule has 6 heteroatoms. The highest BCUT2D eigenvalue weighted by molar-refractivity contribution is 5.97. The van der Waals surface area contributed by atoms with E-state index in [1.807, 2.05) is 69.3 Å². The first kappa shape index (κ1) is 19.6. The number of benzene rings is 2. The van der Waals surface area contributed by atoms with Crippen LogP contribution in [0.2, 0.25) is 0 Å². The minimum atomic E-state index is -0.621. The second kappa shape index (κ2) is 8.69. The average molecular weight is 378 g/mol. The van der Waals surface area contributed by atoms with Gasteiger partial charge in [-0.15, -0.1) is 0 Å². The van der Waals surface area contributed by atoms with E-state index in [9.17, 15) is 9.59 Å². The molecular weight excluding hydrogens is 352 g/mol. The topological polar surface area (TPSA) is 86.9 Å². The lowest BCUT2D eigenvalue weighted by Crippen LogP contribution is -2.45. The number of hydrogen-bond acceptors (Lipinski definition) is 3. The van der Waals surface area contributed by atoms with Crippen LogP contribution < -0.4 is 10.6 Å². The van der Waals surface area contributed by atoms with Gasteiger partial charge < -0.3 is 10.3 Å². The minimum Gasteiger partial charge on any atom is -0.344 e. The third kappa shape index (κ3) is 4.97. The summed E-state index contributed by atoms with van der Waals surface area (Å²) in [6, 6.07) is 14.7. The van der Waals surface area contributed by atoms with Crippen LogP contribution in [0.25, 0.3) is 11.0 Å². The van der Waals surface area contributed by atoms with E-state index < -0.39 is 6.04 Å². The fourth-order valence-corrected chi connectivity index (χ4v) is 3.15. The lowest BCUT2D eigenvalue weighted by atomic mass is 10.0. The van der Waals surface area contributed by atoms with E-state index in [1.54, 1.807) is 0 Å². The summed E-state index contributed by atoms with van der Waals surface area (Å²) in [5.41, 5.74) is 3.65. The monoisotopic (exact) mass is 378 g/mol. The molecule has 2 amide bonds. The molecule has 6 nitrogen and oxygen atoms in total. The molecule has 1 atom stereocenters. The van der Waals surface area contributed by atoms with Gasteiger partial charge in [0, 0.05) is 0 Å². The highest BCUT2D eigenvalue weighted by atomic mass is 16.2. The summed E-state index contributed by atoms with van der Waals surface area (Å²) >= 11 is 0. The second-order valence-electron chi connectivity index (χ2n) is 7.44. The molecule has 0 fully saturated rings. The summed E-state index contributed by atoms with van der Waals surface area (Å²) < 4.78 is 0. The van der Waals surface area contributed by atoms with E-state index >= 15 is 0 Å². The molecule has 28 heavy (non-hydrogen) atoms. The maximum atomic E-state index is 12.8. The van der Waals surface area contributed by atoms with Gasteiger partial charge in [0.05, 0.1) is 17.5 Å². The number of anilines is 1. The highest BCUT2D eigenvalue weighted by Gasteiger charge is 2.23. The number of rotatable bonds is 7. The van der Waals surface area contributed by atoms with Crippen molar-refractivity contribution >= 4 is 28.8 Å². The Morgan fingerprint density at radius 1 is 1.07 bits per heavy atom. The number of fused-ring (bicyclic) bond motifs is 1. The molecule has 0 unspecified atom stereocenters. The molecule has 2 aromatic carbocycles. The maximum Gasteiger partial charge on any atom is 0.249 e. The third-order valence-electron chi connectivity index (χ3n) is 4.60. The summed E-state index contributed by atoms with van der Waals surface area (Å²) in [4.78, 5) is 32.8. The molecule has 1 aromatic heterocycles. The number of aromatic nitrogens is 2. The Balaban J connectivity index is 1.68. The van der Waals surface area contributed by atoms with Gasteiger partial charge in [-0.2, -0.15) is 0 Å². The molecular formula is C22H26N4O2. The van der Waals surface area contributed by atoms with E-state index in [1.165, 1.54) is 0 Å². The summed E-state index contributed by atoms with van der Waals surface area (Å²) in [6.45, 7) is 6.02. The van der Waals surface area contributed by atoms with Crippen molar-refractivity contribution in [1.82, 2.24) is 15.3 Å². The largest absolute Gasteiger partial charge is 0.344 e. The van der Waals surface area contributed by atoms with Crippen molar-refractivity contribution in [3.8, 4) is 0 Å². The first-order valence-electron chi connectivity index (χ1n) is 9.52. The van der Waals surface area contributed by atoms with Gasteiger partial charge in [-0.1, -0.05) is 50.2 Å². The van der Waals surface area contributed by atoms with Crippen LogP contribution >= 0.6 is 0 Å². The molecule has 0 radical (unpaired) electrons. The Morgan fingerprint density at radius 2 is 1.79 bits per heavy atom. The van der Waals surface area contributed by atoms with E-state index in [4.69, 9.17) is 0 Å². The zero-order valence-electron chi connectivity index (χ0n) is 16.5. The lowest BCUT2D eigenvalue weighted by molar-refractivity contribution is -0.126. The van der Waals surface area contributed by atoms with E-state index in [0.29, 0.717) is 12.4 Å². The van der Waals surface area contributed by atoms with Crippen LogP contribution in [0.3, 0.4) is 0 Å². The molecule has 0 aliphatic carbocycles. The Kier molecular flexibility index (Phi) is 6.09. The van der Waals surface area contributed by atoms with Crippen molar-refractivity contribution in [2.75, 3.05) is 5.32 Å². The lowest BCUT2D eigenvalue weighted by Gasteiger charge is -2.20. The number of carbonyl (C=O) groups is 2. The number of aryl methyl sites for hydroxylation is 1. The fraction of sp³-hybridized carbons (Fsp3) is 0.318. The average Bonchev–Trinajstić information content (AvgIpc) is 3.05. The predicted molar refractivity (Wildman–Crippen MR) is 111 cm³/mol. The number of carbonyl (C=O) groups excluding carboxylic acids is 2. The molecule has 0 aliphatic heterocycles. The number of aromatic amines is 1. The summed E-state index contributed by atoms with van der Waals surface area (Å²) in [5, 5.41) is 5.68. The minimum absolute atomic E-state index is 0.167. The van der Waals surface area contributed by atoms with Crippen LogP contribution in [-0.4, -0.2) is 27.8 Å². The highest BCUT2D eigenvalue weighted by Crippen LogP contribution is 2.15. The first-order chi connectivity index (χ1) is 13.4. The molecule has 0 spiro atoms. The Bertz CT molecular complexity index is 944. The molecule has 0 saturated heterocycles. The van der Waals surface area contributed by atoms with Crippen LogP contribution in [-0.2, 0) is 16.0 Å². The van der Waals surface area contributed by atoms with Crippen molar-refractivity contribution in [3.63, 3.8) is 0 Å². The van der Waals surface area contributed by atoms with Crippen molar-refractivity contribution in [1.29, 1.82) is 0 Å². The number of nitrogens with zero attached hydrogens (tertiary/aromatic N) is 1. The molecule has 0 aliphatic rings. The summed E-state index contributed by atoms with van der Waals surface area (Å²) in [6.07, 6.45) is 0.796. The van der Waals surface area contributed by atoms with Crippen molar-refractivity contribution in [3.05, 3.63) is 59.7 Å². The Morgan fingerprint density at radius 3 is 2.50 bits per heavy atom. The number of imidazole rings is 1. The number of amides is 2. The molecule has 0 bridgehead atoms. The van der Waals surface area contributed by atoms with Gasteiger partial charge in [-0.3, -0.25) is 14.9 Å². The normalized spacial score (nSPS) is 12.1. The van der Waals surface area contributed by atoms with Crippen molar-refractivity contribution in [2.24, 2.45) is 5.92 Å². The van der Waals surface area contributed by atoms with E-state index in [2.05, 4.69) is 20.6 Å². The van der Waals surface area contributed by atoms with Crippen LogP contribution in [0, 0.1) is 12.8 Å². The molecule has 3 N–H and O–H groups in total. The standard InChI is InChI=1S/C22H26N4O2/c1-14(2)12-19(23-20(27)13-16-9-5-4-8-15(16)3)21(28)26-22-24-17-10-6-7-11-18(17)25-22/h4-11,14,19H,12-13H2,1-3H3,(H,23,27)(H2,24,25,26,28)/t19-/m1/s1. The van der Waals surface area contributed by atoms with Gasteiger partial charge in [-0.25, -0.2) is 4.98 Å². The molecule has 3 rings (SSSR count). The number of H-pyrrole nitrogens is 1. The Labute approximate surface area is 164 Å². The zero-order chi connectivity index (χ0) is 20.1. The smallest absolute Gasteiger partial charge is 0.249 e. The SMILES string of the molecule is Cc1ccccc1CC(=O)N[C@H](CC(C)C)C(=O)Nc1nc2ccccc2[nH]1. The van der Waals surface area contributed by atoms with Gasteiger partial charge in [-0.05, 0) is 42.5 Å². The second-order valence-corrected chi connectivity index (χ2v) is 7.44. The van der Waals surface area contributed by atoms with Crippen molar-refractivity contribution in [2.45, 2.75) is 39.7 Å². The van der Waals surface area contributed by atoms with Gasteiger partial charge >= 0.3 is 0 Å². The van der Waals surface area contributed by atoms with E-state index in [0.717, 1.165) is 22.2 Å². The summed E-state index contributed by atoms with van der Waals surface area (Å²) in [7, 11) is 0. The third-order valence-corrected chi connectivity index (χ3v) is 4.60. The van der Waals surface area contributed by atoms with Gasteiger partial charge in [0.2, 0.25) is 17.8 Å². The van der Waals surface area contributed by atoms with Gasteiger partial charge in [0.1, 0.15) is 6.04 Å². The van der Waals surface area contributed by atoms with E-state index in [-0.39, 0.29) is 24.2 Å².